The van der Waals surface area contributed by atoms with Gasteiger partial charge in [-0.05, 0) is 65.7 Å². The van der Waals surface area contributed by atoms with Crippen molar-refractivity contribution in [1.29, 1.82) is 5.53 Å². The fourth-order valence-corrected chi connectivity index (χ4v) is 3.58. The van der Waals surface area contributed by atoms with Crippen molar-refractivity contribution in [2.45, 2.75) is 84.8 Å². The van der Waals surface area contributed by atoms with E-state index in [2.05, 4.69) is 24.7 Å². The van der Waals surface area contributed by atoms with Crippen LogP contribution in [-0.2, 0) is 32.2 Å². The lowest BCUT2D eigenvalue weighted by Gasteiger charge is -2.22. The van der Waals surface area contributed by atoms with Crippen LogP contribution >= 0.6 is 0 Å². The molecule has 13 heteroatoms. The number of hydrogen-bond acceptors (Lipinski definition) is 9. The quantitative estimate of drug-likeness (QED) is 0.0794. The zero-order valence-electron chi connectivity index (χ0n) is 24.3. The third kappa shape index (κ3) is 11.9. The third-order valence-electron chi connectivity index (χ3n) is 5.28. The molecule has 1 amide bonds. The number of nitrogens with one attached hydrogen (secondary N) is 2. The van der Waals surface area contributed by atoms with Crippen LogP contribution in [0.2, 0.25) is 0 Å². The number of hydrogen-bond donors (Lipinski definition) is 3. The molecule has 0 bridgehead atoms. The van der Waals surface area contributed by atoms with Crippen LogP contribution in [-0.4, -0.2) is 53.7 Å². The molecule has 0 aliphatic rings. The van der Waals surface area contributed by atoms with Crippen LogP contribution in [0, 0.1) is 5.53 Å². The summed E-state index contributed by atoms with van der Waals surface area (Å²) < 4.78 is 20.5. The molecule has 1 atom stereocenters. The molecule has 1 aromatic heterocycles. The maximum atomic E-state index is 12.2. The summed E-state index contributed by atoms with van der Waals surface area (Å²) in [6.07, 6.45) is 4.01. The number of nitrogens with two attached hydrogens (primary N) is 1. The molecular weight excluding hydrogens is 518 g/mol. The summed E-state index contributed by atoms with van der Waals surface area (Å²) in [5.74, 6) is 5.23. The average molecular weight is 562 g/mol. The van der Waals surface area contributed by atoms with Crippen LogP contribution in [0.1, 0.15) is 54.4 Å². The van der Waals surface area contributed by atoms with Crippen LogP contribution in [0.3, 0.4) is 0 Å². The highest BCUT2D eigenvalue weighted by atomic mass is 16.7. The van der Waals surface area contributed by atoms with Gasteiger partial charge in [-0.25, -0.2) is 15.5 Å². The fraction of sp³-hybridized carbons (Fsp3) is 0.593. The average Bonchev–Trinajstić information content (AvgIpc) is 3.26. The summed E-state index contributed by atoms with van der Waals surface area (Å²) in [5, 5.41) is 6.51. The van der Waals surface area contributed by atoms with Gasteiger partial charge in [0.15, 0.2) is 6.54 Å². The Bertz CT molecular complexity index is 1150. The zero-order chi connectivity index (χ0) is 29.8. The van der Waals surface area contributed by atoms with Crippen molar-refractivity contribution >= 4 is 12.1 Å². The van der Waals surface area contributed by atoms with E-state index in [-0.39, 0.29) is 6.61 Å². The molecule has 13 nitrogen and oxygen atoms in total. The third-order valence-corrected chi connectivity index (χ3v) is 5.28. The molecule has 40 heavy (non-hydrogen) atoms. The van der Waals surface area contributed by atoms with Gasteiger partial charge in [0.05, 0.1) is 18.3 Å². The molecule has 220 valence electrons. The van der Waals surface area contributed by atoms with Crippen molar-refractivity contribution in [3.8, 4) is 16.9 Å². The summed E-state index contributed by atoms with van der Waals surface area (Å²) >= 11 is 0. The summed E-state index contributed by atoms with van der Waals surface area (Å²) in [5.41, 5.74) is 7.59. The van der Waals surface area contributed by atoms with Gasteiger partial charge in [-0.3, -0.25) is 4.84 Å². The van der Waals surface area contributed by atoms with Gasteiger partial charge in [0, 0.05) is 13.0 Å². The molecular formula is C27H43N7O6+2. The molecule has 0 fully saturated rings. The second-order valence-electron chi connectivity index (χ2n) is 11.1. The standard InChI is InChI=1S/C27H42N7O6/c1-26(2,3)38-24(35)23(40-29)19-37-22-11-9-20(10-12-22)21-17-33(34(18-21)16-8-14-31-32-28)15-7-13-30-25(36)39-27(4,5)6/h9-12,17-18,23,28H,7-8,13-16,19,29H2,1-6H3/q+1/p+1. The fourth-order valence-electron chi connectivity index (χ4n) is 3.58. The lowest BCUT2D eigenvalue weighted by Crippen LogP contribution is -2.44. The Kier molecular flexibility index (Phi) is 12.2. The van der Waals surface area contributed by atoms with Crippen LogP contribution in [0.25, 0.3) is 11.1 Å². The van der Waals surface area contributed by atoms with Gasteiger partial charge in [-0.1, -0.05) is 12.1 Å². The topological polar surface area (TPSA) is 168 Å². The van der Waals surface area contributed by atoms with Crippen molar-refractivity contribution in [1.82, 2.24) is 14.9 Å². The molecule has 1 heterocycles. The minimum absolute atomic E-state index is 0.0892. The highest BCUT2D eigenvalue weighted by Gasteiger charge is 2.26. The van der Waals surface area contributed by atoms with Crippen molar-refractivity contribution < 1.29 is 33.3 Å². The Balaban J connectivity index is 2.04. The van der Waals surface area contributed by atoms with Crippen LogP contribution in [0.4, 0.5) is 4.79 Å². The van der Waals surface area contributed by atoms with Gasteiger partial charge in [0.1, 0.15) is 40.7 Å². The minimum atomic E-state index is -1.05. The van der Waals surface area contributed by atoms with E-state index < -0.39 is 29.4 Å². The van der Waals surface area contributed by atoms with E-state index in [1.807, 2.05) is 45.3 Å². The second kappa shape index (κ2) is 15.1. The first-order valence-corrected chi connectivity index (χ1v) is 13.2. The number of nitrogens with zero attached hydrogens (tertiary/aromatic N) is 4. The van der Waals surface area contributed by atoms with E-state index in [1.54, 1.807) is 32.9 Å². The van der Waals surface area contributed by atoms with Crippen LogP contribution in [0.15, 0.2) is 41.8 Å². The summed E-state index contributed by atoms with van der Waals surface area (Å²) in [4.78, 5) is 32.0. The number of benzene rings is 1. The second-order valence-corrected chi connectivity index (χ2v) is 11.1. The molecule has 2 aromatic rings. The maximum absolute atomic E-state index is 12.2. The molecule has 0 saturated heterocycles. The number of aromatic nitrogens is 2. The van der Waals surface area contributed by atoms with Gasteiger partial charge < -0.3 is 19.5 Å². The van der Waals surface area contributed by atoms with Gasteiger partial charge >= 0.3 is 12.1 Å². The molecule has 0 spiro atoms. The number of carbonyl (C=O) groups is 2. The molecule has 1 aromatic carbocycles. The zero-order valence-corrected chi connectivity index (χ0v) is 24.3. The lowest BCUT2D eigenvalue weighted by molar-refractivity contribution is -0.775. The maximum Gasteiger partial charge on any atom is 0.407 e. The van der Waals surface area contributed by atoms with E-state index in [0.717, 1.165) is 17.5 Å². The number of amides is 1. The number of aryl methyl sites for hydroxylation is 2. The van der Waals surface area contributed by atoms with Crippen LogP contribution in [0.5, 0.6) is 5.75 Å². The Morgan fingerprint density at radius 3 is 2.35 bits per heavy atom. The van der Waals surface area contributed by atoms with E-state index in [4.69, 9.17) is 30.5 Å². The largest absolute Gasteiger partial charge is 0.490 e. The van der Waals surface area contributed by atoms with Crippen molar-refractivity contribution in [2.24, 2.45) is 11.0 Å². The van der Waals surface area contributed by atoms with E-state index in [1.165, 1.54) is 0 Å². The van der Waals surface area contributed by atoms with Crippen LogP contribution < -0.4 is 25.5 Å². The van der Waals surface area contributed by atoms with Gasteiger partial charge in [-0.15, -0.1) is 4.68 Å². The molecule has 1 unspecified atom stereocenters. The number of ether oxygens (including phenoxy) is 3. The lowest BCUT2D eigenvalue weighted by atomic mass is 10.1. The minimum Gasteiger partial charge on any atom is -0.490 e. The van der Waals surface area contributed by atoms with Gasteiger partial charge in [-0.2, -0.15) is 4.68 Å². The molecule has 2 rings (SSSR count). The molecule has 0 aliphatic carbocycles. The predicted molar refractivity (Wildman–Crippen MR) is 146 cm³/mol. The van der Waals surface area contributed by atoms with Gasteiger partial charge in [0.25, 0.3) is 0 Å². The van der Waals surface area contributed by atoms with Gasteiger partial charge in [0.2, 0.25) is 17.2 Å². The van der Waals surface area contributed by atoms with Crippen molar-refractivity contribution in [3.63, 3.8) is 0 Å². The van der Waals surface area contributed by atoms with Crippen molar-refractivity contribution in [3.05, 3.63) is 36.7 Å². The number of esters is 1. The first-order chi connectivity index (χ1) is 18.8. The monoisotopic (exact) mass is 561 g/mol. The SMILES string of the molecule is CC(C)(C)OC(=O)NCCC[n+]1cc(-c2ccc(OCC(ON)C(=O)OC(C)(C)C)cc2)cn1CCCN=[N+]=N. The summed E-state index contributed by atoms with van der Waals surface area (Å²) in [6, 6.07) is 7.45. The molecule has 0 aliphatic heterocycles. The smallest absolute Gasteiger partial charge is 0.407 e. The Hall–Kier alpha value is -3.80. The Morgan fingerprint density at radius 1 is 1.07 bits per heavy atom. The summed E-state index contributed by atoms with van der Waals surface area (Å²) in [6.45, 7) is 13.0. The first-order valence-electron chi connectivity index (χ1n) is 13.2. The molecule has 4 N–H and O–H groups in total. The highest BCUT2D eigenvalue weighted by Crippen LogP contribution is 2.22. The highest BCUT2D eigenvalue weighted by molar-refractivity contribution is 5.75. The number of rotatable bonds is 14. The Labute approximate surface area is 235 Å². The summed E-state index contributed by atoms with van der Waals surface area (Å²) in [7, 11) is 0. The van der Waals surface area contributed by atoms with E-state index in [0.29, 0.717) is 38.3 Å². The predicted octanol–water partition coefficient (Wildman–Crippen LogP) is 3.28. The van der Waals surface area contributed by atoms with E-state index >= 15 is 0 Å². The molecule has 0 radical (unpaired) electrons. The number of alkyl carbamates (subject to hydrolysis) is 1. The first kappa shape index (κ1) is 32.4. The Morgan fingerprint density at radius 2 is 1.75 bits per heavy atom. The molecule has 0 saturated carbocycles. The van der Waals surface area contributed by atoms with E-state index in [9.17, 15) is 9.59 Å². The number of carbonyl (C=O) groups excluding carboxylic acids is 2. The normalized spacial score (nSPS) is 12.3. The van der Waals surface area contributed by atoms with Crippen molar-refractivity contribution in [2.75, 3.05) is 19.7 Å².